The third-order valence-corrected chi connectivity index (χ3v) is 6.01. The number of nitrogens with zero attached hydrogens (tertiary/aromatic N) is 3. The maximum absolute atomic E-state index is 12.7. The lowest BCUT2D eigenvalue weighted by atomic mass is 10.1. The van der Waals surface area contributed by atoms with Crippen LogP contribution in [0.25, 0.3) is 10.9 Å². The molecule has 34 heavy (non-hydrogen) atoms. The number of anilines is 3. The van der Waals surface area contributed by atoms with E-state index >= 15 is 0 Å². The van der Waals surface area contributed by atoms with Gasteiger partial charge in [0.05, 0.1) is 32.5 Å². The highest BCUT2D eigenvalue weighted by Crippen LogP contribution is 2.40. The standard InChI is InChI=1S/C25H31N5O4/c1-16-12-23(30-10-8-29(2)9-11-30)28-20-7-6-17(13-19(16)20)26-25(31)27-18-14-21(32-3)24(34-5)22(15-18)33-4/h6-7,12-15H,8-11H2,1-5H3,(H2,26,27,31). The number of rotatable bonds is 6. The van der Waals surface area contributed by atoms with Crippen LogP contribution in [0.1, 0.15) is 5.56 Å². The fraction of sp³-hybridized carbons (Fsp3) is 0.360. The summed E-state index contributed by atoms with van der Waals surface area (Å²) in [6.45, 7) is 6.07. The van der Waals surface area contributed by atoms with E-state index in [-0.39, 0.29) is 6.03 Å². The molecule has 1 aromatic heterocycles. The number of ether oxygens (including phenoxy) is 3. The van der Waals surface area contributed by atoms with Gasteiger partial charge < -0.3 is 34.6 Å². The molecule has 0 saturated carbocycles. The molecule has 0 spiro atoms. The van der Waals surface area contributed by atoms with Crippen LogP contribution in [0, 0.1) is 6.92 Å². The fourth-order valence-electron chi connectivity index (χ4n) is 4.10. The van der Waals surface area contributed by atoms with Gasteiger partial charge in [0, 0.05) is 49.4 Å². The number of urea groups is 1. The number of methoxy groups -OCH3 is 3. The molecule has 180 valence electrons. The van der Waals surface area contributed by atoms with Crippen LogP contribution in [0.5, 0.6) is 17.2 Å². The molecule has 0 atom stereocenters. The molecule has 2 heterocycles. The van der Waals surface area contributed by atoms with Crippen LogP contribution < -0.4 is 29.7 Å². The quantitative estimate of drug-likeness (QED) is 0.570. The molecule has 9 heteroatoms. The SMILES string of the molecule is COc1cc(NC(=O)Nc2ccc3nc(N4CCN(C)CC4)cc(C)c3c2)cc(OC)c1OC. The first-order valence-corrected chi connectivity index (χ1v) is 11.1. The summed E-state index contributed by atoms with van der Waals surface area (Å²) >= 11 is 0. The average Bonchev–Trinajstić information content (AvgIpc) is 2.84. The van der Waals surface area contributed by atoms with Crippen molar-refractivity contribution < 1.29 is 19.0 Å². The first-order chi connectivity index (χ1) is 16.4. The number of pyridine rings is 1. The van der Waals surface area contributed by atoms with Crippen molar-refractivity contribution in [1.29, 1.82) is 0 Å². The first-order valence-electron chi connectivity index (χ1n) is 11.1. The number of hydrogen-bond acceptors (Lipinski definition) is 7. The summed E-state index contributed by atoms with van der Waals surface area (Å²) < 4.78 is 16.0. The maximum atomic E-state index is 12.7. The summed E-state index contributed by atoms with van der Waals surface area (Å²) in [6, 6.07) is 10.8. The van der Waals surface area contributed by atoms with Crippen LogP contribution in [0.3, 0.4) is 0 Å². The topological polar surface area (TPSA) is 88.2 Å². The minimum absolute atomic E-state index is 0.381. The number of carbonyl (C=O) groups is 1. The lowest BCUT2D eigenvalue weighted by Crippen LogP contribution is -2.44. The molecule has 2 N–H and O–H groups in total. The Labute approximate surface area is 199 Å². The van der Waals surface area contributed by atoms with E-state index in [1.807, 2.05) is 18.2 Å². The van der Waals surface area contributed by atoms with E-state index in [1.54, 1.807) is 12.1 Å². The minimum Gasteiger partial charge on any atom is -0.493 e. The van der Waals surface area contributed by atoms with E-state index in [9.17, 15) is 4.79 Å². The number of amides is 2. The Morgan fingerprint density at radius 2 is 1.53 bits per heavy atom. The van der Waals surface area contributed by atoms with Crippen LogP contribution in [-0.4, -0.2) is 70.5 Å². The molecule has 2 amide bonds. The molecule has 2 aromatic carbocycles. The monoisotopic (exact) mass is 465 g/mol. The van der Waals surface area contributed by atoms with Crippen LogP contribution >= 0.6 is 0 Å². The van der Waals surface area contributed by atoms with E-state index in [0.29, 0.717) is 28.6 Å². The second-order valence-corrected chi connectivity index (χ2v) is 8.31. The minimum atomic E-state index is -0.381. The third-order valence-electron chi connectivity index (χ3n) is 6.01. The highest BCUT2D eigenvalue weighted by molar-refractivity contribution is 6.01. The first kappa shape index (κ1) is 23.4. The van der Waals surface area contributed by atoms with Crippen molar-refractivity contribution in [3.05, 3.63) is 42.0 Å². The molecule has 9 nitrogen and oxygen atoms in total. The summed E-state index contributed by atoms with van der Waals surface area (Å²) in [5.74, 6) is 2.38. The Hall–Kier alpha value is -3.72. The zero-order valence-electron chi connectivity index (χ0n) is 20.3. The van der Waals surface area contributed by atoms with Crippen molar-refractivity contribution in [3.63, 3.8) is 0 Å². The molecule has 4 rings (SSSR count). The third kappa shape index (κ3) is 4.94. The summed E-state index contributed by atoms with van der Waals surface area (Å²) in [7, 11) is 6.73. The Balaban J connectivity index is 1.50. The zero-order valence-corrected chi connectivity index (χ0v) is 20.3. The summed E-state index contributed by atoms with van der Waals surface area (Å²) in [4.78, 5) is 22.2. The summed E-state index contributed by atoms with van der Waals surface area (Å²) in [5, 5.41) is 6.71. The van der Waals surface area contributed by atoms with Gasteiger partial charge in [-0.2, -0.15) is 0 Å². The van der Waals surface area contributed by atoms with E-state index in [1.165, 1.54) is 21.3 Å². The molecule has 1 aliphatic heterocycles. The highest BCUT2D eigenvalue weighted by atomic mass is 16.5. The van der Waals surface area contributed by atoms with Gasteiger partial charge in [-0.25, -0.2) is 9.78 Å². The van der Waals surface area contributed by atoms with Crippen molar-refractivity contribution in [2.75, 3.05) is 70.1 Å². The maximum Gasteiger partial charge on any atom is 0.323 e. The van der Waals surface area contributed by atoms with Crippen LogP contribution in [0.4, 0.5) is 22.0 Å². The van der Waals surface area contributed by atoms with Gasteiger partial charge in [-0.05, 0) is 43.8 Å². The van der Waals surface area contributed by atoms with Gasteiger partial charge in [0.2, 0.25) is 5.75 Å². The predicted octanol–water partition coefficient (Wildman–Crippen LogP) is 3.96. The van der Waals surface area contributed by atoms with Crippen molar-refractivity contribution in [3.8, 4) is 17.2 Å². The van der Waals surface area contributed by atoms with Gasteiger partial charge >= 0.3 is 6.03 Å². The normalized spacial score (nSPS) is 14.1. The lowest BCUT2D eigenvalue weighted by Gasteiger charge is -2.33. The molecular weight excluding hydrogens is 434 g/mol. The van der Waals surface area contributed by atoms with E-state index in [0.717, 1.165) is 48.5 Å². The van der Waals surface area contributed by atoms with E-state index in [2.05, 4.69) is 40.5 Å². The largest absolute Gasteiger partial charge is 0.493 e. The zero-order chi connectivity index (χ0) is 24.2. The molecule has 1 saturated heterocycles. The number of aryl methyl sites for hydroxylation is 1. The van der Waals surface area contributed by atoms with Crippen LogP contribution in [0.2, 0.25) is 0 Å². The lowest BCUT2D eigenvalue weighted by molar-refractivity contribution is 0.262. The number of aromatic nitrogens is 1. The smallest absolute Gasteiger partial charge is 0.323 e. The van der Waals surface area contributed by atoms with Gasteiger partial charge in [0.25, 0.3) is 0 Å². The molecule has 1 fully saturated rings. The van der Waals surface area contributed by atoms with Gasteiger partial charge in [-0.1, -0.05) is 0 Å². The van der Waals surface area contributed by atoms with E-state index in [4.69, 9.17) is 19.2 Å². The molecule has 0 radical (unpaired) electrons. The molecule has 0 aliphatic carbocycles. The van der Waals surface area contributed by atoms with Gasteiger partial charge in [-0.15, -0.1) is 0 Å². The summed E-state index contributed by atoms with van der Waals surface area (Å²) in [5.41, 5.74) is 3.22. The fourth-order valence-corrected chi connectivity index (χ4v) is 4.10. The number of piperazine rings is 1. The van der Waals surface area contributed by atoms with Gasteiger partial charge in [-0.3, -0.25) is 0 Å². The Bertz CT molecular complexity index is 1170. The van der Waals surface area contributed by atoms with Crippen molar-refractivity contribution in [1.82, 2.24) is 9.88 Å². The molecule has 3 aromatic rings. The van der Waals surface area contributed by atoms with Crippen molar-refractivity contribution in [2.24, 2.45) is 0 Å². The number of fused-ring (bicyclic) bond motifs is 1. The summed E-state index contributed by atoms with van der Waals surface area (Å²) in [6.07, 6.45) is 0. The Morgan fingerprint density at radius 3 is 2.15 bits per heavy atom. The second-order valence-electron chi connectivity index (χ2n) is 8.31. The van der Waals surface area contributed by atoms with E-state index < -0.39 is 0 Å². The number of hydrogen-bond donors (Lipinski definition) is 2. The van der Waals surface area contributed by atoms with Crippen LogP contribution in [0.15, 0.2) is 36.4 Å². The van der Waals surface area contributed by atoms with Gasteiger partial charge in [0.15, 0.2) is 11.5 Å². The number of nitrogens with one attached hydrogen (secondary N) is 2. The molecule has 0 unspecified atom stereocenters. The second kappa shape index (κ2) is 10.0. The Kier molecular flexibility index (Phi) is 6.93. The number of carbonyl (C=O) groups excluding carboxylic acids is 1. The Morgan fingerprint density at radius 1 is 0.882 bits per heavy atom. The predicted molar refractivity (Wildman–Crippen MR) is 135 cm³/mol. The molecule has 0 bridgehead atoms. The van der Waals surface area contributed by atoms with Gasteiger partial charge in [0.1, 0.15) is 5.82 Å². The molecule has 1 aliphatic rings. The molecular formula is C25H31N5O4. The van der Waals surface area contributed by atoms with Crippen LogP contribution in [-0.2, 0) is 0 Å². The highest BCUT2D eigenvalue weighted by Gasteiger charge is 2.17. The van der Waals surface area contributed by atoms with Crippen molar-refractivity contribution in [2.45, 2.75) is 6.92 Å². The average molecular weight is 466 g/mol. The number of likely N-dealkylation sites (N-methyl/N-ethyl adjacent to an activating group) is 1. The number of benzene rings is 2. The van der Waals surface area contributed by atoms with Crippen molar-refractivity contribution >= 4 is 34.1 Å².